The van der Waals surface area contributed by atoms with Gasteiger partial charge in [0.2, 0.25) is 0 Å². The molecule has 6 aromatic rings. The van der Waals surface area contributed by atoms with Gasteiger partial charge in [0.15, 0.2) is 5.65 Å². The van der Waals surface area contributed by atoms with Crippen LogP contribution in [-0.4, -0.2) is 39.2 Å². The van der Waals surface area contributed by atoms with Crippen LogP contribution in [0.25, 0.3) is 30.5 Å². The zero-order valence-electron chi connectivity index (χ0n) is 18.5. The van der Waals surface area contributed by atoms with Crippen molar-refractivity contribution in [1.82, 2.24) is 9.97 Å². The predicted octanol–water partition coefficient (Wildman–Crippen LogP) is 6.79. The van der Waals surface area contributed by atoms with Gasteiger partial charge < -0.3 is 19.7 Å². The molecule has 8 nitrogen and oxygen atoms in total. The monoisotopic (exact) mass is 536 g/mol. The normalized spacial score (nSPS) is 10.8. The van der Waals surface area contributed by atoms with Gasteiger partial charge >= 0.3 is 11.9 Å². The Morgan fingerprint density at radius 2 is 1.58 bits per heavy atom. The van der Waals surface area contributed by atoms with E-state index in [1.54, 1.807) is 42.6 Å². The van der Waals surface area contributed by atoms with Crippen molar-refractivity contribution in [2.45, 2.75) is 0 Å². The van der Waals surface area contributed by atoms with Crippen LogP contribution in [0.5, 0.6) is 16.7 Å². The summed E-state index contributed by atoms with van der Waals surface area (Å²) in [5, 5.41) is 20.6. The standard InChI is InChI=1S/C15H8N2O3S2.C10H8O3S/c18-14(19)12-6-8-3-4-9(7-11(8)21-12)20-15-17-13-10(22-15)2-1-5-16-13;1-13-10(12)9-4-6-2-3-7(11)5-8(6)14-9/h1-7H,(H,18,19);2-5,11H,1H3. The van der Waals surface area contributed by atoms with Crippen LogP contribution < -0.4 is 4.74 Å². The number of nitrogens with zero attached hydrogens (tertiary/aromatic N) is 2. The van der Waals surface area contributed by atoms with E-state index in [0.717, 1.165) is 24.9 Å². The molecular weight excluding hydrogens is 520 g/mol. The third-order valence-electron chi connectivity index (χ3n) is 4.94. The number of benzene rings is 2. The van der Waals surface area contributed by atoms with E-state index in [-0.39, 0.29) is 11.7 Å². The van der Waals surface area contributed by atoms with Crippen LogP contribution in [0.4, 0.5) is 0 Å². The van der Waals surface area contributed by atoms with Gasteiger partial charge in [0.25, 0.3) is 5.19 Å². The summed E-state index contributed by atoms with van der Waals surface area (Å²) in [6.45, 7) is 0. The van der Waals surface area contributed by atoms with E-state index < -0.39 is 5.97 Å². The second kappa shape index (κ2) is 9.90. The minimum atomic E-state index is -0.916. The van der Waals surface area contributed by atoms with Crippen molar-refractivity contribution in [1.29, 1.82) is 0 Å². The number of phenols is 1. The molecule has 36 heavy (non-hydrogen) atoms. The number of carbonyl (C=O) groups excluding carboxylic acids is 1. The molecule has 180 valence electrons. The van der Waals surface area contributed by atoms with Crippen LogP contribution in [0.2, 0.25) is 0 Å². The largest absolute Gasteiger partial charge is 0.508 e. The number of aromatic hydroxyl groups is 1. The summed E-state index contributed by atoms with van der Waals surface area (Å²) in [4.78, 5) is 31.6. The molecule has 0 saturated heterocycles. The zero-order valence-corrected chi connectivity index (χ0v) is 20.9. The van der Waals surface area contributed by atoms with Crippen molar-refractivity contribution in [3.05, 3.63) is 76.6 Å². The van der Waals surface area contributed by atoms with Crippen LogP contribution in [0, 0.1) is 0 Å². The SMILES string of the molecule is COC(=O)c1cc2ccc(O)cc2s1.O=C(O)c1cc2ccc(Oc3nc4ncccc4s3)cc2s1. The van der Waals surface area contributed by atoms with Gasteiger partial charge in [-0.2, -0.15) is 4.98 Å². The fourth-order valence-electron chi connectivity index (χ4n) is 3.30. The first-order chi connectivity index (χ1) is 17.4. The Balaban J connectivity index is 0.000000165. The second-order valence-electron chi connectivity index (χ2n) is 7.35. The molecule has 2 N–H and O–H groups in total. The number of carboxylic acids is 1. The van der Waals surface area contributed by atoms with Crippen LogP contribution >= 0.6 is 34.0 Å². The third-order valence-corrected chi connectivity index (χ3v) is 7.99. The number of aromatic nitrogens is 2. The Hall–Kier alpha value is -4.06. The Kier molecular flexibility index (Phi) is 6.51. The summed E-state index contributed by atoms with van der Waals surface area (Å²) >= 11 is 3.96. The number of ether oxygens (including phenoxy) is 2. The van der Waals surface area contributed by atoms with Crippen molar-refractivity contribution in [3.63, 3.8) is 0 Å². The van der Waals surface area contributed by atoms with Crippen LogP contribution in [-0.2, 0) is 4.74 Å². The molecule has 0 bridgehead atoms. The Morgan fingerprint density at radius 1 is 0.861 bits per heavy atom. The first-order valence-corrected chi connectivity index (χ1v) is 12.8. The van der Waals surface area contributed by atoms with E-state index in [9.17, 15) is 14.7 Å². The minimum Gasteiger partial charge on any atom is -0.508 e. The van der Waals surface area contributed by atoms with Crippen molar-refractivity contribution in [3.8, 4) is 16.7 Å². The maximum Gasteiger partial charge on any atom is 0.348 e. The number of fused-ring (bicyclic) bond motifs is 3. The van der Waals surface area contributed by atoms with E-state index in [1.807, 2.05) is 24.3 Å². The summed E-state index contributed by atoms with van der Waals surface area (Å²) in [7, 11) is 1.35. The zero-order chi connectivity index (χ0) is 25.2. The van der Waals surface area contributed by atoms with E-state index in [4.69, 9.17) is 9.84 Å². The van der Waals surface area contributed by atoms with Crippen molar-refractivity contribution in [2.24, 2.45) is 0 Å². The van der Waals surface area contributed by atoms with Gasteiger partial charge in [-0.05, 0) is 71.4 Å². The Morgan fingerprint density at radius 3 is 2.33 bits per heavy atom. The Bertz CT molecular complexity index is 1700. The molecule has 0 fully saturated rings. The molecule has 2 aromatic carbocycles. The molecule has 0 aliphatic heterocycles. The highest BCUT2D eigenvalue weighted by atomic mass is 32.1. The molecule has 0 unspecified atom stereocenters. The number of esters is 1. The smallest absolute Gasteiger partial charge is 0.348 e. The first-order valence-electron chi connectivity index (χ1n) is 10.4. The average Bonchev–Trinajstić information content (AvgIpc) is 3.59. The van der Waals surface area contributed by atoms with E-state index in [1.165, 1.54) is 41.1 Å². The number of methoxy groups -OCH3 is 1. The number of thiophene rings is 2. The molecule has 4 aromatic heterocycles. The van der Waals surface area contributed by atoms with Crippen molar-refractivity contribution >= 4 is 76.5 Å². The second-order valence-corrected chi connectivity index (χ2v) is 10.5. The molecule has 11 heteroatoms. The van der Waals surface area contributed by atoms with E-state index >= 15 is 0 Å². The molecule has 0 amide bonds. The molecule has 0 aliphatic carbocycles. The minimum absolute atomic E-state index is 0.204. The van der Waals surface area contributed by atoms with E-state index in [0.29, 0.717) is 26.3 Å². The van der Waals surface area contributed by atoms with Gasteiger partial charge in [-0.25, -0.2) is 14.6 Å². The van der Waals surface area contributed by atoms with Gasteiger partial charge in [-0.15, -0.1) is 22.7 Å². The summed E-state index contributed by atoms with van der Waals surface area (Å²) in [5.41, 5.74) is 0.660. The van der Waals surface area contributed by atoms with Gasteiger partial charge in [0.05, 0.1) is 11.8 Å². The lowest BCUT2D eigenvalue weighted by Crippen LogP contribution is -1.96. The highest BCUT2D eigenvalue weighted by molar-refractivity contribution is 7.21. The lowest BCUT2D eigenvalue weighted by Gasteiger charge is -2.00. The number of phenolic OH excluding ortho intramolecular Hbond substituents is 1. The van der Waals surface area contributed by atoms with Gasteiger partial charge in [0.1, 0.15) is 21.3 Å². The summed E-state index contributed by atoms with van der Waals surface area (Å²) in [5.74, 6) is -0.423. The Labute approximate surface area is 215 Å². The average molecular weight is 537 g/mol. The highest BCUT2D eigenvalue weighted by Crippen LogP contribution is 2.34. The third kappa shape index (κ3) is 4.98. The number of thiazole rings is 1. The number of hydrogen-bond donors (Lipinski definition) is 2. The molecular formula is C25H16N2O6S3. The van der Waals surface area contributed by atoms with Crippen molar-refractivity contribution in [2.75, 3.05) is 7.11 Å². The summed E-state index contributed by atoms with van der Waals surface area (Å²) in [6.07, 6.45) is 1.69. The lowest BCUT2D eigenvalue weighted by atomic mass is 10.2. The van der Waals surface area contributed by atoms with Gasteiger partial charge in [0, 0.05) is 15.6 Å². The first kappa shape index (κ1) is 23.7. The molecule has 6 rings (SSSR count). The predicted molar refractivity (Wildman–Crippen MR) is 141 cm³/mol. The molecule has 4 heterocycles. The quantitative estimate of drug-likeness (QED) is 0.236. The van der Waals surface area contributed by atoms with Crippen LogP contribution in [0.3, 0.4) is 0 Å². The fourth-order valence-corrected chi connectivity index (χ4v) is 6.03. The number of hydrogen-bond acceptors (Lipinski definition) is 10. The summed E-state index contributed by atoms with van der Waals surface area (Å²) < 4.78 is 13.1. The van der Waals surface area contributed by atoms with E-state index in [2.05, 4.69) is 14.7 Å². The van der Waals surface area contributed by atoms with Gasteiger partial charge in [-0.3, -0.25) is 0 Å². The molecule has 0 spiro atoms. The highest BCUT2D eigenvalue weighted by Gasteiger charge is 2.12. The number of pyridine rings is 1. The molecule has 0 saturated carbocycles. The lowest BCUT2D eigenvalue weighted by molar-refractivity contribution is 0.0605. The fraction of sp³-hybridized carbons (Fsp3) is 0.0400. The number of carbonyl (C=O) groups is 2. The number of rotatable bonds is 4. The van der Waals surface area contributed by atoms with Crippen molar-refractivity contribution < 1.29 is 29.3 Å². The van der Waals surface area contributed by atoms with Crippen LogP contribution in [0.1, 0.15) is 19.3 Å². The maximum absolute atomic E-state index is 11.2. The summed E-state index contributed by atoms with van der Waals surface area (Å²) in [6, 6.07) is 17.7. The number of carboxylic acid groups (broad SMARTS) is 1. The maximum atomic E-state index is 11.2. The van der Waals surface area contributed by atoms with Crippen LogP contribution in [0.15, 0.2) is 66.9 Å². The molecule has 0 radical (unpaired) electrons. The molecule has 0 aliphatic rings. The molecule has 0 atom stereocenters. The van der Waals surface area contributed by atoms with Gasteiger partial charge in [-0.1, -0.05) is 11.3 Å². The topological polar surface area (TPSA) is 119 Å². The number of aromatic carboxylic acids is 1.